The fourth-order valence-corrected chi connectivity index (χ4v) is 5.62. The van der Waals surface area contributed by atoms with Gasteiger partial charge < -0.3 is 0 Å². The Balaban J connectivity index is 1.41. The first kappa shape index (κ1) is 19.7. The topological polar surface area (TPSA) is 0 Å². The van der Waals surface area contributed by atoms with Gasteiger partial charge in [-0.25, -0.2) is 0 Å². The maximum atomic E-state index is 2.42. The molecule has 0 heteroatoms. The predicted octanol–water partition coefficient (Wildman–Crippen LogP) is 8.08. The van der Waals surface area contributed by atoms with Gasteiger partial charge in [-0.05, 0) is 99.5 Å². The summed E-state index contributed by atoms with van der Waals surface area (Å²) < 4.78 is 0. The molecule has 3 rings (SSSR count). The lowest BCUT2D eigenvalue weighted by Gasteiger charge is -2.38. The molecule has 0 radical (unpaired) electrons. The standard InChI is InChI=1S/C26H40/c1-3-5-6-8-22-11-15-24(16-12-22)26-19-17-25(18-20-26)23-13-9-21(7-4-2)10-14-23/h3,5,9-10,13-14,22,24-26H,4,6-8,11-12,15-20H2,1-2H3/b5-3+. The summed E-state index contributed by atoms with van der Waals surface area (Å²) in [4.78, 5) is 0. The van der Waals surface area contributed by atoms with Gasteiger partial charge >= 0.3 is 0 Å². The lowest BCUT2D eigenvalue weighted by Crippen LogP contribution is -2.25. The van der Waals surface area contributed by atoms with Crippen molar-refractivity contribution in [2.75, 3.05) is 0 Å². The maximum absolute atomic E-state index is 2.42. The third-order valence-electron chi connectivity index (χ3n) is 7.30. The van der Waals surface area contributed by atoms with Crippen molar-refractivity contribution in [3.05, 3.63) is 47.5 Å². The summed E-state index contributed by atoms with van der Waals surface area (Å²) in [5.41, 5.74) is 3.12. The smallest absolute Gasteiger partial charge is 0.0162 e. The van der Waals surface area contributed by atoms with Crippen molar-refractivity contribution in [1.82, 2.24) is 0 Å². The molecule has 26 heavy (non-hydrogen) atoms. The van der Waals surface area contributed by atoms with Crippen molar-refractivity contribution < 1.29 is 0 Å². The zero-order valence-corrected chi connectivity index (χ0v) is 17.3. The van der Waals surface area contributed by atoms with Crippen LogP contribution in [-0.4, -0.2) is 0 Å². The molecule has 0 aliphatic heterocycles. The van der Waals surface area contributed by atoms with Crippen LogP contribution in [0.3, 0.4) is 0 Å². The van der Waals surface area contributed by atoms with E-state index in [4.69, 9.17) is 0 Å². The Morgan fingerprint density at radius 2 is 1.46 bits per heavy atom. The van der Waals surface area contributed by atoms with Crippen LogP contribution in [-0.2, 0) is 6.42 Å². The molecule has 2 fully saturated rings. The zero-order valence-electron chi connectivity index (χ0n) is 17.3. The lowest BCUT2D eigenvalue weighted by molar-refractivity contribution is 0.157. The van der Waals surface area contributed by atoms with E-state index in [1.54, 1.807) is 5.56 Å². The molecule has 0 N–H and O–H groups in total. The Bertz CT molecular complexity index is 522. The van der Waals surface area contributed by atoms with Gasteiger partial charge in [-0.2, -0.15) is 0 Å². The van der Waals surface area contributed by atoms with Crippen LogP contribution in [0.15, 0.2) is 36.4 Å². The van der Waals surface area contributed by atoms with Gasteiger partial charge in [0.05, 0.1) is 0 Å². The summed E-state index contributed by atoms with van der Waals surface area (Å²) >= 11 is 0. The van der Waals surface area contributed by atoms with Crippen molar-refractivity contribution in [3.63, 3.8) is 0 Å². The molecule has 0 nitrogen and oxygen atoms in total. The molecule has 0 amide bonds. The molecular weight excluding hydrogens is 312 g/mol. The van der Waals surface area contributed by atoms with Crippen LogP contribution in [0.1, 0.15) is 102 Å². The number of aryl methyl sites for hydroxylation is 1. The van der Waals surface area contributed by atoms with Crippen LogP contribution >= 0.6 is 0 Å². The van der Waals surface area contributed by atoms with E-state index >= 15 is 0 Å². The Hall–Kier alpha value is -1.04. The molecule has 144 valence electrons. The molecule has 0 spiro atoms. The second-order valence-electron chi connectivity index (χ2n) is 9.03. The van der Waals surface area contributed by atoms with Gasteiger partial charge in [-0.1, -0.05) is 62.6 Å². The highest BCUT2D eigenvalue weighted by atomic mass is 14.4. The highest BCUT2D eigenvalue weighted by Gasteiger charge is 2.31. The molecule has 2 aliphatic carbocycles. The van der Waals surface area contributed by atoms with Gasteiger partial charge in [0.15, 0.2) is 0 Å². The summed E-state index contributed by atoms with van der Waals surface area (Å²) in [7, 11) is 0. The van der Waals surface area contributed by atoms with E-state index in [1.165, 1.54) is 82.6 Å². The van der Waals surface area contributed by atoms with E-state index in [0.29, 0.717) is 0 Å². The number of hydrogen-bond donors (Lipinski definition) is 0. The fourth-order valence-electron chi connectivity index (χ4n) is 5.62. The van der Waals surface area contributed by atoms with E-state index in [2.05, 4.69) is 50.3 Å². The molecule has 0 unspecified atom stereocenters. The zero-order chi connectivity index (χ0) is 18.2. The fraction of sp³-hybridized carbons (Fsp3) is 0.692. The van der Waals surface area contributed by atoms with Gasteiger partial charge in [0.25, 0.3) is 0 Å². The van der Waals surface area contributed by atoms with Gasteiger partial charge in [0.1, 0.15) is 0 Å². The second kappa shape index (κ2) is 10.3. The second-order valence-corrected chi connectivity index (χ2v) is 9.03. The maximum Gasteiger partial charge on any atom is -0.0162 e. The van der Waals surface area contributed by atoms with Crippen LogP contribution in [0.2, 0.25) is 0 Å². The van der Waals surface area contributed by atoms with Crippen molar-refractivity contribution in [3.8, 4) is 0 Å². The number of benzene rings is 1. The Morgan fingerprint density at radius 1 is 0.846 bits per heavy atom. The van der Waals surface area contributed by atoms with Crippen molar-refractivity contribution in [2.24, 2.45) is 17.8 Å². The third-order valence-corrected chi connectivity index (χ3v) is 7.30. The first-order valence-electron chi connectivity index (χ1n) is 11.5. The summed E-state index contributed by atoms with van der Waals surface area (Å²) in [6.07, 6.45) is 21.6. The normalized spacial score (nSPS) is 29.9. The van der Waals surface area contributed by atoms with Crippen molar-refractivity contribution >= 4 is 0 Å². The van der Waals surface area contributed by atoms with E-state index in [1.807, 2.05) is 0 Å². The van der Waals surface area contributed by atoms with Gasteiger partial charge in [-0.3, -0.25) is 0 Å². The van der Waals surface area contributed by atoms with E-state index in [9.17, 15) is 0 Å². The summed E-state index contributed by atoms with van der Waals surface area (Å²) in [6.45, 7) is 4.41. The summed E-state index contributed by atoms with van der Waals surface area (Å²) in [5, 5.41) is 0. The van der Waals surface area contributed by atoms with Crippen LogP contribution < -0.4 is 0 Å². The van der Waals surface area contributed by atoms with Gasteiger partial charge in [-0.15, -0.1) is 0 Å². The van der Waals surface area contributed by atoms with E-state index in [-0.39, 0.29) is 0 Å². The van der Waals surface area contributed by atoms with Crippen LogP contribution in [0.25, 0.3) is 0 Å². The largest absolute Gasteiger partial charge is 0.0917 e. The SMILES string of the molecule is C/C=C/CCC1CCC(C2CCC(c3ccc(CCC)cc3)CC2)CC1. The summed E-state index contributed by atoms with van der Waals surface area (Å²) in [5.74, 6) is 3.92. The minimum absolute atomic E-state index is 0.832. The molecule has 1 aromatic carbocycles. The molecular formula is C26H40. The monoisotopic (exact) mass is 352 g/mol. The summed E-state index contributed by atoms with van der Waals surface area (Å²) in [6, 6.07) is 9.59. The van der Waals surface area contributed by atoms with E-state index in [0.717, 1.165) is 23.7 Å². The minimum Gasteiger partial charge on any atom is -0.0917 e. The number of hydrogen-bond acceptors (Lipinski definition) is 0. The Labute approximate surface area is 162 Å². The first-order valence-corrected chi connectivity index (χ1v) is 11.5. The van der Waals surface area contributed by atoms with Crippen molar-refractivity contribution in [2.45, 2.75) is 96.8 Å². The molecule has 0 aromatic heterocycles. The molecule has 0 atom stereocenters. The van der Waals surface area contributed by atoms with Crippen LogP contribution in [0.4, 0.5) is 0 Å². The Kier molecular flexibility index (Phi) is 7.84. The minimum atomic E-state index is 0.832. The molecule has 0 saturated heterocycles. The Morgan fingerprint density at radius 3 is 2.04 bits per heavy atom. The van der Waals surface area contributed by atoms with E-state index < -0.39 is 0 Å². The predicted molar refractivity (Wildman–Crippen MR) is 115 cm³/mol. The third kappa shape index (κ3) is 5.48. The molecule has 0 bridgehead atoms. The highest BCUT2D eigenvalue weighted by molar-refractivity contribution is 5.26. The lowest BCUT2D eigenvalue weighted by atomic mass is 9.68. The molecule has 1 aromatic rings. The molecule has 2 aliphatic rings. The van der Waals surface area contributed by atoms with Crippen molar-refractivity contribution in [1.29, 1.82) is 0 Å². The first-order chi connectivity index (χ1) is 12.8. The van der Waals surface area contributed by atoms with Crippen LogP contribution in [0, 0.1) is 17.8 Å². The van der Waals surface area contributed by atoms with Gasteiger partial charge in [0.2, 0.25) is 0 Å². The number of rotatable bonds is 7. The average molecular weight is 353 g/mol. The average Bonchev–Trinajstić information content (AvgIpc) is 2.70. The quantitative estimate of drug-likeness (QED) is 0.435. The number of allylic oxidation sites excluding steroid dienone is 2. The highest BCUT2D eigenvalue weighted by Crippen LogP contribution is 2.44. The molecule has 2 saturated carbocycles. The van der Waals surface area contributed by atoms with Gasteiger partial charge in [0, 0.05) is 0 Å². The molecule has 0 heterocycles. The van der Waals surface area contributed by atoms with Crippen LogP contribution in [0.5, 0.6) is 0 Å².